The van der Waals surface area contributed by atoms with Crippen molar-refractivity contribution < 1.29 is 31.4 Å². The molecule has 3 unspecified atom stereocenters. The molecule has 1 fully saturated rings. The van der Waals surface area contributed by atoms with Gasteiger partial charge in [0.1, 0.15) is 11.6 Å². The summed E-state index contributed by atoms with van der Waals surface area (Å²) in [5.74, 6) is -0.0678. The van der Waals surface area contributed by atoms with Gasteiger partial charge in [-0.15, -0.1) is 0 Å². The molecule has 0 radical (unpaired) electrons. The first kappa shape index (κ1) is 18.9. The van der Waals surface area contributed by atoms with Crippen LogP contribution in [-0.4, -0.2) is 24.7 Å². The van der Waals surface area contributed by atoms with Crippen molar-refractivity contribution >= 4 is 0 Å². The van der Waals surface area contributed by atoms with Gasteiger partial charge in [-0.1, -0.05) is 30.3 Å². The third kappa shape index (κ3) is 4.37. The Hall–Kier alpha value is -1.39. The van der Waals surface area contributed by atoms with Crippen LogP contribution in [0, 0.1) is 5.82 Å². The monoisotopic (exact) mass is 393 g/mol. The predicted octanol–water partition coefficient (Wildman–Crippen LogP) is 0.124. The van der Waals surface area contributed by atoms with Gasteiger partial charge >= 0.3 is 0 Å². The lowest BCUT2D eigenvalue weighted by Crippen LogP contribution is -3.13. The SMILES string of the molecule is C[NH+]1CCCCC1CC(c1ccccc1)c1cc(F)ccc1O.[Br-]. The van der Waals surface area contributed by atoms with E-state index in [1.165, 1.54) is 44.0 Å². The number of nitrogens with one attached hydrogen (secondary N) is 1. The molecule has 3 atom stereocenters. The molecule has 0 bridgehead atoms. The summed E-state index contributed by atoms with van der Waals surface area (Å²) in [4.78, 5) is 1.55. The number of benzene rings is 2. The molecule has 0 saturated carbocycles. The summed E-state index contributed by atoms with van der Waals surface area (Å²) >= 11 is 0. The van der Waals surface area contributed by atoms with E-state index in [0.717, 1.165) is 12.0 Å². The number of quaternary nitrogens is 1. The molecule has 2 aromatic rings. The van der Waals surface area contributed by atoms with Gasteiger partial charge in [0.2, 0.25) is 0 Å². The van der Waals surface area contributed by atoms with Crippen LogP contribution in [0.15, 0.2) is 48.5 Å². The first-order chi connectivity index (χ1) is 11.1. The molecular formula is C20H25BrFNO. The number of piperidine rings is 1. The number of hydrogen-bond acceptors (Lipinski definition) is 1. The van der Waals surface area contributed by atoms with Crippen molar-refractivity contribution in [1.29, 1.82) is 0 Å². The van der Waals surface area contributed by atoms with Crippen LogP contribution < -0.4 is 21.9 Å². The summed E-state index contributed by atoms with van der Waals surface area (Å²) in [5.41, 5.74) is 1.85. The number of phenols is 1. The van der Waals surface area contributed by atoms with E-state index in [1.54, 1.807) is 4.90 Å². The molecule has 1 aliphatic heterocycles. The van der Waals surface area contributed by atoms with Gasteiger partial charge in [-0.2, -0.15) is 0 Å². The van der Waals surface area contributed by atoms with Crippen molar-refractivity contribution in [3.8, 4) is 5.75 Å². The number of phenolic OH excluding ortho intramolecular Hbond substituents is 1. The highest BCUT2D eigenvalue weighted by Crippen LogP contribution is 2.35. The summed E-state index contributed by atoms with van der Waals surface area (Å²) in [7, 11) is 2.25. The maximum absolute atomic E-state index is 13.8. The van der Waals surface area contributed by atoms with Gasteiger partial charge in [0.05, 0.1) is 19.6 Å². The van der Waals surface area contributed by atoms with Crippen LogP contribution in [0.3, 0.4) is 0 Å². The average Bonchev–Trinajstić information content (AvgIpc) is 2.57. The zero-order chi connectivity index (χ0) is 16.2. The molecule has 0 amide bonds. The Morgan fingerprint density at radius 2 is 1.92 bits per heavy atom. The smallest absolute Gasteiger partial charge is 0.123 e. The van der Waals surface area contributed by atoms with Gasteiger partial charge in [0.25, 0.3) is 0 Å². The summed E-state index contributed by atoms with van der Waals surface area (Å²) in [5, 5.41) is 10.3. The molecule has 130 valence electrons. The standard InChI is InChI=1S/C20H24FNO.BrH/c1-22-12-6-5-9-17(22)14-18(15-7-3-2-4-8-15)19-13-16(21)10-11-20(19)23;/h2-4,7-8,10-11,13,17-18,23H,5-6,9,12,14H2,1H3;1H. The van der Waals surface area contributed by atoms with Crippen molar-refractivity contribution in [2.45, 2.75) is 37.6 Å². The van der Waals surface area contributed by atoms with Crippen molar-refractivity contribution in [2.75, 3.05) is 13.6 Å². The Balaban J connectivity index is 0.00000208. The van der Waals surface area contributed by atoms with E-state index in [2.05, 4.69) is 19.2 Å². The van der Waals surface area contributed by atoms with E-state index >= 15 is 0 Å². The summed E-state index contributed by atoms with van der Waals surface area (Å²) < 4.78 is 13.8. The predicted molar refractivity (Wildman–Crippen MR) is 90.4 cm³/mol. The fourth-order valence-electron chi connectivity index (χ4n) is 3.78. The molecule has 0 aliphatic carbocycles. The highest BCUT2D eigenvalue weighted by atomic mass is 79.9. The largest absolute Gasteiger partial charge is 1.00 e. The minimum absolute atomic E-state index is 0. The summed E-state index contributed by atoms with van der Waals surface area (Å²) in [6, 6.07) is 15.0. The van der Waals surface area contributed by atoms with Gasteiger partial charge in [0, 0.05) is 17.9 Å². The Kier molecular flexibility index (Phi) is 6.81. The maximum Gasteiger partial charge on any atom is 0.123 e. The second-order valence-electron chi connectivity index (χ2n) is 6.69. The summed E-state index contributed by atoms with van der Waals surface area (Å²) in [6.07, 6.45) is 4.68. The van der Waals surface area contributed by atoms with Gasteiger partial charge in [0.15, 0.2) is 0 Å². The lowest BCUT2D eigenvalue weighted by Gasteiger charge is -2.32. The maximum atomic E-state index is 13.8. The lowest BCUT2D eigenvalue weighted by molar-refractivity contribution is -0.911. The highest BCUT2D eigenvalue weighted by molar-refractivity contribution is 5.41. The summed E-state index contributed by atoms with van der Waals surface area (Å²) in [6.45, 7) is 1.20. The molecule has 1 saturated heterocycles. The zero-order valence-corrected chi connectivity index (χ0v) is 15.6. The Labute approximate surface area is 154 Å². The number of aromatic hydroxyl groups is 1. The van der Waals surface area contributed by atoms with Crippen LogP contribution in [0.4, 0.5) is 4.39 Å². The first-order valence-corrected chi connectivity index (χ1v) is 8.51. The van der Waals surface area contributed by atoms with Crippen LogP contribution in [0.2, 0.25) is 0 Å². The Morgan fingerprint density at radius 3 is 2.62 bits per heavy atom. The molecule has 2 nitrogen and oxygen atoms in total. The number of likely N-dealkylation sites (tertiary alicyclic amines) is 1. The van der Waals surface area contributed by atoms with E-state index in [0.29, 0.717) is 11.6 Å². The quantitative estimate of drug-likeness (QED) is 0.757. The van der Waals surface area contributed by atoms with E-state index in [4.69, 9.17) is 0 Å². The van der Waals surface area contributed by atoms with Gasteiger partial charge in [-0.3, -0.25) is 0 Å². The van der Waals surface area contributed by atoms with Gasteiger partial charge in [-0.05, 0) is 43.0 Å². The molecular weight excluding hydrogens is 369 g/mol. The van der Waals surface area contributed by atoms with Crippen molar-refractivity contribution in [1.82, 2.24) is 0 Å². The van der Waals surface area contributed by atoms with Crippen molar-refractivity contribution in [3.63, 3.8) is 0 Å². The molecule has 1 aliphatic rings. The molecule has 3 rings (SSSR count). The molecule has 0 spiro atoms. The van der Waals surface area contributed by atoms with Gasteiger partial charge in [-0.25, -0.2) is 4.39 Å². The number of rotatable bonds is 4. The van der Waals surface area contributed by atoms with E-state index in [1.807, 2.05) is 18.2 Å². The van der Waals surface area contributed by atoms with E-state index < -0.39 is 0 Å². The third-order valence-corrected chi connectivity index (χ3v) is 5.16. The first-order valence-electron chi connectivity index (χ1n) is 8.51. The third-order valence-electron chi connectivity index (χ3n) is 5.16. The molecule has 24 heavy (non-hydrogen) atoms. The molecule has 2 aromatic carbocycles. The van der Waals surface area contributed by atoms with E-state index in [9.17, 15) is 9.50 Å². The Morgan fingerprint density at radius 1 is 1.17 bits per heavy atom. The number of hydrogen-bond donors (Lipinski definition) is 2. The van der Waals surface area contributed by atoms with Crippen molar-refractivity contribution in [3.05, 3.63) is 65.5 Å². The minimum atomic E-state index is -0.289. The second kappa shape index (κ2) is 8.63. The van der Waals surface area contributed by atoms with Crippen LogP contribution >= 0.6 is 0 Å². The normalized spacial score (nSPS) is 21.8. The topological polar surface area (TPSA) is 24.7 Å². The fourth-order valence-corrected chi connectivity index (χ4v) is 3.78. The van der Waals surface area contributed by atoms with Crippen LogP contribution in [0.25, 0.3) is 0 Å². The molecule has 1 heterocycles. The van der Waals surface area contributed by atoms with Crippen LogP contribution in [-0.2, 0) is 0 Å². The molecule has 4 heteroatoms. The van der Waals surface area contributed by atoms with E-state index in [-0.39, 0.29) is 34.5 Å². The number of halogens is 2. The highest BCUT2D eigenvalue weighted by Gasteiger charge is 2.29. The van der Waals surface area contributed by atoms with Crippen LogP contribution in [0.5, 0.6) is 5.75 Å². The molecule has 0 aromatic heterocycles. The minimum Gasteiger partial charge on any atom is -1.00 e. The van der Waals surface area contributed by atoms with Crippen LogP contribution in [0.1, 0.15) is 42.7 Å². The zero-order valence-electron chi connectivity index (χ0n) is 14.0. The van der Waals surface area contributed by atoms with Crippen molar-refractivity contribution in [2.24, 2.45) is 0 Å². The second-order valence-corrected chi connectivity index (χ2v) is 6.69. The Bertz CT molecular complexity index is 649. The molecule has 2 N–H and O–H groups in total. The lowest BCUT2D eigenvalue weighted by atomic mass is 9.83. The average molecular weight is 394 g/mol. The van der Waals surface area contributed by atoms with Gasteiger partial charge < -0.3 is 27.0 Å². The fraction of sp³-hybridized carbons (Fsp3) is 0.400.